The van der Waals surface area contributed by atoms with Crippen molar-refractivity contribution in [3.05, 3.63) is 18.5 Å². The van der Waals surface area contributed by atoms with E-state index < -0.39 is 0 Å². The molecule has 5 nitrogen and oxygen atoms in total. The van der Waals surface area contributed by atoms with Gasteiger partial charge in [-0.3, -0.25) is 0 Å². The summed E-state index contributed by atoms with van der Waals surface area (Å²) in [6, 6.07) is 1.80. The number of nitrogens with zero attached hydrogens (tertiary/aromatic N) is 2. The highest BCUT2D eigenvalue weighted by molar-refractivity contribution is 5.22. The average Bonchev–Trinajstić information content (AvgIpc) is 2.85. The third-order valence-electron chi connectivity index (χ3n) is 4.00. The standard InChI is InChI=1S/C14H21N3O2/c1-11-3-5-14(6-4-11)18-10-12(19-14)9-17-13-15-7-2-8-16-13/h2,7-8,11-12H,3-6,9-10H2,1H3,(H,15,16,17)/t11?,12-,14?/m0/s1. The zero-order valence-electron chi connectivity index (χ0n) is 11.3. The first-order valence-corrected chi connectivity index (χ1v) is 7.08. The van der Waals surface area contributed by atoms with E-state index in [0.717, 1.165) is 18.8 Å². The van der Waals surface area contributed by atoms with Crippen molar-refractivity contribution in [2.75, 3.05) is 18.5 Å². The van der Waals surface area contributed by atoms with Gasteiger partial charge in [-0.1, -0.05) is 6.92 Å². The summed E-state index contributed by atoms with van der Waals surface area (Å²) in [4.78, 5) is 8.27. The minimum atomic E-state index is -0.309. The minimum absolute atomic E-state index is 0.0946. The van der Waals surface area contributed by atoms with Crippen LogP contribution in [0, 0.1) is 5.92 Å². The maximum Gasteiger partial charge on any atom is 0.222 e. The first-order chi connectivity index (χ1) is 9.26. The normalized spacial score (nSPS) is 34.6. The van der Waals surface area contributed by atoms with Gasteiger partial charge in [-0.15, -0.1) is 0 Å². The zero-order chi connectivity index (χ0) is 13.1. The van der Waals surface area contributed by atoms with Crippen LogP contribution in [0.2, 0.25) is 0 Å². The Hall–Kier alpha value is -1.20. The van der Waals surface area contributed by atoms with Gasteiger partial charge in [-0.25, -0.2) is 9.97 Å². The molecular formula is C14H21N3O2. The molecule has 1 aliphatic carbocycles. The Kier molecular flexibility index (Phi) is 3.66. The van der Waals surface area contributed by atoms with E-state index in [1.54, 1.807) is 18.5 Å². The van der Waals surface area contributed by atoms with Crippen LogP contribution < -0.4 is 5.32 Å². The predicted octanol–water partition coefficient (Wildman–Crippen LogP) is 2.21. The topological polar surface area (TPSA) is 56.3 Å². The molecule has 1 aromatic rings. The van der Waals surface area contributed by atoms with Crippen molar-refractivity contribution >= 4 is 5.95 Å². The number of hydrogen-bond donors (Lipinski definition) is 1. The van der Waals surface area contributed by atoms with E-state index in [1.807, 2.05) is 0 Å². The van der Waals surface area contributed by atoms with Crippen molar-refractivity contribution < 1.29 is 9.47 Å². The molecule has 1 N–H and O–H groups in total. The lowest BCUT2D eigenvalue weighted by Gasteiger charge is -2.34. The first kappa shape index (κ1) is 12.8. The lowest BCUT2D eigenvalue weighted by Crippen LogP contribution is -2.36. The van der Waals surface area contributed by atoms with Gasteiger partial charge in [-0.2, -0.15) is 0 Å². The molecule has 1 saturated carbocycles. The number of anilines is 1. The van der Waals surface area contributed by atoms with Crippen molar-refractivity contribution in [2.24, 2.45) is 5.92 Å². The smallest absolute Gasteiger partial charge is 0.222 e. The summed E-state index contributed by atoms with van der Waals surface area (Å²) in [6.45, 7) is 3.66. The lowest BCUT2D eigenvalue weighted by atomic mass is 9.86. The molecule has 5 heteroatoms. The predicted molar refractivity (Wildman–Crippen MR) is 71.7 cm³/mol. The fourth-order valence-electron chi connectivity index (χ4n) is 2.78. The van der Waals surface area contributed by atoms with E-state index in [-0.39, 0.29) is 11.9 Å². The first-order valence-electron chi connectivity index (χ1n) is 7.08. The quantitative estimate of drug-likeness (QED) is 0.906. The highest BCUT2D eigenvalue weighted by atomic mass is 16.7. The Labute approximate surface area is 113 Å². The summed E-state index contributed by atoms with van der Waals surface area (Å²) in [5, 5.41) is 3.19. The zero-order valence-corrected chi connectivity index (χ0v) is 11.3. The van der Waals surface area contributed by atoms with Crippen LogP contribution in [-0.2, 0) is 9.47 Å². The Morgan fingerprint density at radius 1 is 1.32 bits per heavy atom. The number of aromatic nitrogens is 2. The molecule has 1 atom stereocenters. The van der Waals surface area contributed by atoms with E-state index in [9.17, 15) is 0 Å². The van der Waals surface area contributed by atoms with Crippen molar-refractivity contribution in [1.82, 2.24) is 9.97 Å². The number of rotatable bonds is 3. The van der Waals surface area contributed by atoms with E-state index in [1.165, 1.54) is 12.8 Å². The number of nitrogens with one attached hydrogen (secondary N) is 1. The van der Waals surface area contributed by atoms with Crippen LogP contribution in [-0.4, -0.2) is 35.0 Å². The number of ether oxygens (including phenoxy) is 2. The molecule has 1 saturated heterocycles. The Bertz CT molecular complexity index is 404. The minimum Gasteiger partial charge on any atom is -0.352 e. The molecule has 19 heavy (non-hydrogen) atoms. The van der Waals surface area contributed by atoms with Gasteiger partial charge in [0.1, 0.15) is 6.10 Å². The number of hydrogen-bond acceptors (Lipinski definition) is 5. The molecule has 1 spiro atoms. The summed E-state index contributed by atoms with van der Waals surface area (Å²) in [5.74, 6) is 1.13. The molecule has 104 valence electrons. The lowest BCUT2D eigenvalue weighted by molar-refractivity contribution is -0.190. The molecular weight excluding hydrogens is 242 g/mol. The molecule has 0 aromatic carbocycles. The van der Waals surface area contributed by atoms with Crippen LogP contribution in [0.25, 0.3) is 0 Å². The van der Waals surface area contributed by atoms with Gasteiger partial charge in [0.05, 0.1) is 6.61 Å². The maximum absolute atomic E-state index is 6.12. The Morgan fingerprint density at radius 3 is 2.79 bits per heavy atom. The third-order valence-corrected chi connectivity index (χ3v) is 4.00. The molecule has 0 unspecified atom stereocenters. The maximum atomic E-state index is 6.12. The summed E-state index contributed by atoms with van der Waals surface area (Å²) in [7, 11) is 0. The summed E-state index contributed by atoms with van der Waals surface area (Å²) in [6.07, 6.45) is 7.98. The SMILES string of the molecule is CC1CCC2(CC1)OC[C@H](CNc1ncccn1)O2. The van der Waals surface area contributed by atoms with E-state index in [4.69, 9.17) is 9.47 Å². The van der Waals surface area contributed by atoms with Crippen molar-refractivity contribution in [3.8, 4) is 0 Å². The average molecular weight is 263 g/mol. The van der Waals surface area contributed by atoms with Gasteiger partial charge in [0.2, 0.25) is 5.95 Å². The summed E-state index contributed by atoms with van der Waals surface area (Å²) >= 11 is 0. The Morgan fingerprint density at radius 2 is 2.05 bits per heavy atom. The fourth-order valence-corrected chi connectivity index (χ4v) is 2.78. The highest BCUT2D eigenvalue weighted by Gasteiger charge is 2.43. The largest absolute Gasteiger partial charge is 0.352 e. The second kappa shape index (κ2) is 5.43. The van der Waals surface area contributed by atoms with Crippen molar-refractivity contribution in [1.29, 1.82) is 0 Å². The summed E-state index contributed by atoms with van der Waals surface area (Å²) in [5.41, 5.74) is 0. The third kappa shape index (κ3) is 3.04. The van der Waals surface area contributed by atoms with E-state index in [0.29, 0.717) is 19.1 Å². The van der Waals surface area contributed by atoms with Gasteiger partial charge in [-0.05, 0) is 24.8 Å². The van der Waals surface area contributed by atoms with Crippen LogP contribution in [0.5, 0.6) is 0 Å². The van der Waals surface area contributed by atoms with E-state index >= 15 is 0 Å². The molecule has 0 bridgehead atoms. The van der Waals surface area contributed by atoms with Crippen LogP contribution >= 0.6 is 0 Å². The van der Waals surface area contributed by atoms with Gasteiger partial charge >= 0.3 is 0 Å². The second-order valence-electron chi connectivity index (χ2n) is 5.60. The molecule has 3 rings (SSSR count). The van der Waals surface area contributed by atoms with Crippen molar-refractivity contribution in [3.63, 3.8) is 0 Å². The second-order valence-corrected chi connectivity index (χ2v) is 5.60. The van der Waals surface area contributed by atoms with Gasteiger partial charge in [0.15, 0.2) is 5.79 Å². The van der Waals surface area contributed by atoms with E-state index in [2.05, 4.69) is 22.2 Å². The molecule has 0 radical (unpaired) electrons. The van der Waals surface area contributed by atoms with Gasteiger partial charge in [0, 0.05) is 31.8 Å². The van der Waals surface area contributed by atoms with Crippen molar-refractivity contribution in [2.45, 2.75) is 44.5 Å². The molecule has 2 aliphatic rings. The summed E-state index contributed by atoms with van der Waals surface area (Å²) < 4.78 is 12.0. The highest BCUT2D eigenvalue weighted by Crippen LogP contribution is 2.39. The van der Waals surface area contributed by atoms with Crippen LogP contribution in [0.1, 0.15) is 32.6 Å². The van der Waals surface area contributed by atoms with Crippen LogP contribution in [0.4, 0.5) is 5.95 Å². The van der Waals surface area contributed by atoms with Crippen LogP contribution in [0.3, 0.4) is 0 Å². The molecule has 0 amide bonds. The molecule has 2 fully saturated rings. The molecule has 1 aromatic heterocycles. The monoisotopic (exact) mass is 263 g/mol. The van der Waals surface area contributed by atoms with Gasteiger partial charge < -0.3 is 14.8 Å². The van der Waals surface area contributed by atoms with Gasteiger partial charge in [0.25, 0.3) is 0 Å². The molecule has 2 heterocycles. The Balaban J connectivity index is 1.49. The van der Waals surface area contributed by atoms with Crippen LogP contribution in [0.15, 0.2) is 18.5 Å². The fraction of sp³-hybridized carbons (Fsp3) is 0.714. The molecule has 1 aliphatic heterocycles.